The monoisotopic (exact) mass is 487 g/mol. The Labute approximate surface area is 200 Å². The number of amides is 1. The van der Waals surface area contributed by atoms with Crippen LogP contribution >= 0.6 is 34.7 Å². The number of nitrogens with zero attached hydrogens (tertiary/aromatic N) is 2. The van der Waals surface area contributed by atoms with Gasteiger partial charge in [-0.2, -0.15) is 0 Å². The quantitative estimate of drug-likeness (QED) is 0.380. The van der Waals surface area contributed by atoms with Gasteiger partial charge in [-0.05, 0) is 68.4 Å². The Bertz CT molecular complexity index is 1200. The van der Waals surface area contributed by atoms with Crippen LogP contribution in [0.2, 0.25) is 5.02 Å². The molecule has 0 saturated heterocycles. The molecule has 8 heteroatoms. The lowest BCUT2D eigenvalue weighted by Crippen LogP contribution is -2.37. The minimum absolute atomic E-state index is 0.00405. The fourth-order valence-corrected chi connectivity index (χ4v) is 7.00. The summed E-state index contributed by atoms with van der Waals surface area (Å²) in [6.07, 6.45) is 9.93. The van der Waals surface area contributed by atoms with Crippen LogP contribution in [-0.4, -0.2) is 27.3 Å². The molecule has 2 heterocycles. The van der Waals surface area contributed by atoms with E-state index in [0.717, 1.165) is 54.4 Å². The summed E-state index contributed by atoms with van der Waals surface area (Å²) in [4.78, 5) is 33.3. The third kappa shape index (κ3) is 4.47. The SMILES string of the molecule is O=C(CSc1nc2sc3c(c2c(=O)n1-c1ccc(Cl)cc1)CCCC3)NC1CCCCC1. The second kappa shape index (κ2) is 9.57. The molecule has 5 rings (SSSR count). The zero-order valence-electron chi connectivity index (χ0n) is 17.9. The van der Waals surface area contributed by atoms with Gasteiger partial charge in [0.2, 0.25) is 5.91 Å². The summed E-state index contributed by atoms with van der Waals surface area (Å²) < 4.78 is 1.65. The Kier molecular flexibility index (Phi) is 6.58. The van der Waals surface area contributed by atoms with E-state index >= 15 is 0 Å². The summed E-state index contributed by atoms with van der Waals surface area (Å²) in [5.41, 5.74) is 1.84. The summed E-state index contributed by atoms with van der Waals surface area (Å²) in [5.74, 6) is 0.247. The summed E-state index contributed by atoms with van der Waals surface area (Å²) in [5, 5.41) is 5.08. The summed E-state index contributed by atoms with van der Waals surface area (Å²) in [6, 6.07) is 7.50. The van der Waals surface area contributed by atoms with Crippen LogP contribution in [0.4, 0.5) is 0 Å². The number of carbonyl (C=O) groups excluding carboxylic acids is 1. The molecule has 1 aromatic carbocycles. The van der Waals surface area contributed by atoms with Crippen LogP contribution in [0.25, 0.3) is 15.9 Å². The Hall–Kier alpha value is -1.83. The van der Waals surface area contributed by atoms with Gasteiger partial charge in [0, 0.05) is 15.9 Å². The van der Waals surface area contributed by atoms with Crippen molar-refractivity contribution in [1.82, 2.24) is 14.9 Å². The maximum Gasteiger partial charge on any atom is 0.267 e. The van der Waals surface area contributed by atoms with E-state index in [0.29, 0.717) is 10.2 Å². The molecule has 1 saturated carbocycles. The molecule has 32 heavy (non-hydrogen) atoms. The Morgan fingerprint density at radius 3 is 2.66 bits per heavy atom. The van der Waals surface area contributed by atoms with Crippen molar-refractivity contribution in [3.05, 3.63) is 50.1 Å². The lowest BCUT2D eigenvalue weighted by Gasteiger charge is -2.22. The molecule has 168 valence electrons. The van der Waals surface area contributed by atoms with Gasteiger partial charge in [0.25, 0.3) is 5.56 Å². The first-order valence-corrected chi connectivity index (χ1v) is 13.5. The first kappa shape index (κ1) is 22.0. The van der Waals surface area contributed by atoms with Crippen molar-refractivity contribution >= 4 is 50.8 Å². The Balaban J connectivity index is 1.50. The first-order valence-electron chi connectivity index (χ1n) is 11.4. The van der Waals surface area contributed by atoms with Crippen LogP contribution in [0.15, 0.2) is 34.2 Å². The molecule has 2 aromatic heterocycles. The maximum absolute atomic E-state index is 13.7. The van der Waals surface area contributed by atoms with Gasteiger partial charge < -0.3 is 5.32 Å². The Morgan fingerprint density at radius 2 is 1.88 bits per heavy atom. The van der Waals surface area contributed by atoms with Crippen molar-refractivity contribution in [2.75, 3.05) is 5.75 Å². The lowest BCUT2D eigenvalue weighted by atomic mass is 9.95. The average Bonchev–Trinajstić information content (AvgIpc) is 3.18. The van der Waals surface area contributed by atoms with Gasteiger partial charge in [-0.1, -0.05) is 42.6 Å². The molecular weight excluding hydrogens is 462 g/mol. The van der Waals surface area contributed by atoms with Gasteiger partial charge in [0.1, 0.15) is 4.83 Å². The molecule has 1 amide bonds. The van der Waals surface area contributed by atoms with Gasteiger partial charge in [0.05, 0.1) is 16.8 Å². The third-order valence-electron chi connectivity index (χ3n) is 6.35. The van der Waals surface area contributed by atoms with E-state index in [4.69, 9.17) is 16.6 Å². The number of benzene rings is 1. The molecule has 0 unspecified atom stereocenters. The van der Waals surface area contributed by atoms with Crippen molar-refractivity contribution in [2.24, 2.45) is 0 Å². The van der Waals surface area contributed by atoms with E-state index in [2.05, 4.69) is 5.32 Å². The number of aromatic nitrogens is 2. The zero-order chi connectivity index (χ0) is 22.1. The maximum atomic E-state index is 13.7. The molecule has 0 bridgehead atoms. The predicted molar refractivity (Wildman–Crippen MR) is 133 cm³/mol. The van der Waals surface area contributed by atoms with Crippen LogP contribution in [0.3, 0.4) is 0 Å². The van der Waals surface area contributed by atoms with Crippen LogP contribution in [0.5, 0.6) is 0 Å². The molecule has 5 nitrogen and oxygen atoms in total. The molecule has 2 aliphatic rings. The smallest absolute Gasteiger partial charge is 0.267 e. The lowest BCUT2D eigenvalue weighted by molar-refractivity contribution is -0.119. The molecular formula is C24H26ClN3O2S2. The van der Waals surface area contributed by atoms with Gasteiger partial charge in [0.15, 0.2) is 5.16 Å². The minimum atomic E-state index is -0.0492. The van der Waals surface area contributed by atoms with E-state index in [1.807, 2.05) is 12.1 Å². The molecule has 0 aliphatic heterocycles. The van der Waals surface area contributed by atoms with Crippen molar-refractivity contribution in [3.8, 4) is 5.69 Å². The fourth-order valence-electron chi connectivity index (χ4n) is 4.75. The number of hydrogen-bond donors (Lipinski definition) is 1. The number of rotatable bonds is 5. The van der Waals surface area contributed by atoms with E-state index in [1.54, 1.807) is 28.0 Å². The normalized spacial score (nSPS) is 16.8. The second-order valence-electron chi connectivity index (χ2n) is 8.59. The number of thiophene rings is 1. The highest BCUT2D eigenvalue weighted by Gasteiger charge is 2.23. The molecule has 3 aromatic rings. The van der Waals surface area contributed by atoms with E-state index < -0.39 is 0 Å². The Morgan fingerprint density at radius 1 is 1.12 bits per heavy atom. The van der Waals surface area contributed by atoms with E-state index in [1.165, 1.54) is 41.5 Å². The molecule has 0 spiro atoms. The number of nitrogens with one attached hydrogen (secondary N) is 1. The number of thioether (sulfide) groups is 1. The van der Waals surface area contributed by atoms with Crippen LogP contribution in [0, 0.1) is 0 Å². The summed E-state index contributed by atoms with van der Waals surface area (Å²) >= 11 is 9.06. The van der Waals surface area contributed by atoms with Gasteiger partial charge in [-0.25, -0.2) is 4.98 Å². The molecule has 0 radical (unpaired) electrons. The molecule has 2 aliphatic carbocycles. The highest BCUT2D eigenvalue weighted by molar-refractivity contribution is 7.99. The van der Waals surface area contributed by atoms with Crippen LogP contribution in [-0.2, 0) is 17.6 Å². The zero-order valence-corrected chi connectivity index (χ0v) is 20.3. The number of aryl methyl sites for hydroxylation is 2. The first-order chi connectivity index (χ1) is 15.6. The second-order valence-corrected chi connectivity index (χ2v) is 11.1. The minimum Gasteiger partial charge on any atom is -0.353 e. The predicted octanol–water partition coefficient (Wildman–Crippen LogP) is 5.52. The number of fused-ring (bicyclic) bond motifs is 3. The van der Waals surface area contributed by atoms with Gasteiger partial charge in [-0.15, -0.1) is 11.3 Å². The highest BCUT2D eigenvalue weighted by Crippen LogP contribution is 2.35. The highest BCUT2D eigenvalue weighted by atomic mass is 35.5. The van der Waals surface area contributed by atoms with Crippen molar-refractivity contribution in [3.63, 3.8) is 0 Å². The van der Waals surface area contributed by atoms with E-state index in [-0.39, 0.29) is 23.3 Å². The van der Waals surface area contributed by atoms with Crippen LogP contribution < -0.4 is 10.9 Å². The summed E-state index contributed by atoms with van der Waals surface area (Å²) in [7, 11) is 0. The van der Waals surface area contributed by atoms with Gasteiger partial charge >= 0.3 is 0 Å². The van der Waals surface area contributed by atoms with Gasteiger partial charge in [-0.3, -0.25) is 14.2 Å². The standard InChI is InChI=1S/C24H26ClN3O2S2/c25-15-10-12-17(13-11-15)28-23(30)21-18-8-4-5-9-19(18)32-22(21)27-24(28)31-14-20(29)26-16-6-2-1-3-7-16/h10-13,16H,1-9,14H2,(H,26,29). The van der Waals surface area contributed by atoms with Crippen molar-refractivity contribution < 1.29 is 4.79 Å². The number of halogens is 1. The molecule has 1 fully saturated rings. The molecule has 1 N–H and O–H groups in total. The fraction of sp³-hybridized carbons (Fsp3) is 0.458. The summed E-state index contributed by atoms with van der Waals surface area (Å²) in [6.45, 7) is 0. The van der Waals surface area contributed by atoms with E-state index in [9.17, 15) is 9.59 Å². The number of hydrogen-bond acceptors (Lipinski definition) is 5. The van der Waals surface area contributed by atoms with Crippen molar-refractivity contribution in [2.45, 2.75) is 69.0 Å². The average molecular weight is 488 g/mol. The van der Waals surface area contributed by atoms with Crippen molar-refractivity contribution in [1.29, 1.82) is 0 Å². The largest absolute Gasteiger partial charge is 0.353 e. The topological polar surface area (TPSA) is 64.0 Å². The third-order valence-corrected chi connectivity index (χ3v) is 8.72. The molecule has 0 atom stereocenters. The number of carbonyl (C=O) groups is 1. The van der Waals surface area contributed by atoms with Crippen LogP contribution in [0.1, 0.15) is 55.4 Å².